The van der Waals surface area contributed by atoms with Crippen LogP contribution >= 0.6 is 11.6 Å². The molecular weight excluding hydrogens is 367 g/mol. The Balaban J connectivity index is 1.75. The van der Waals surface area contributed by atoms with E-state index < -0.39 is 6.17 Å². The number of pyridine rings is 1. The zero-order chi connectivity index (χ0) is 18.5. The lowest BCUT2D eigenvalue weighted by atomic mass is 10.1. The summed E-state index contributed by atoms with van der Waals surface area (Å²) in [6.07, 6.45) is 4.75. The lowest BCUT2D eigenvalue weighted by Gasteiger charge is -2.17. The average molecular weight is 385 g/mol. The van der Waals surface area contributed by atoms with Crippen LogP contribution in [0.15, 0.2) is 30.6 Å². The van der Waals surface area contributed by atoms with Gasteiger partial charge >= 0.3 is 0 Å². The second-order valence-electron chi connectivity index (χ2n) is 7.17. The van der Waals surface area contributed by atoms with Crippen molar-refractivity contribution in [3.63, 3.8) is 0 Å². The molecule has 0 N–H and O–H groups in total. The Morgan fingerprint density at radius 1 is 1.26 bits per heavy atom. The van der Waals surface area contributed by atoms with Crippen molar-refractivity contribution in [3.8, 4) is 0 Å². The number of hydrogen-bond donors (Lipinski definition) is 0. The fourth-order valence-electron chi connectivity index (χ4n) is 4.06. The van der Waals surface area contributed by atoms with E-state index in [9.17, 15) is 4.39 Å². The van der Waals surface area contributed by atoms with Crippen molar-refractivity contribution in [1.29, 1.82) is 0 Å². The third-order valence-corrected chi connectivity index (χ3v) is 5.45. The summed E-state index contributed by atoms with van der Waals surface area (Å²) in [5.74, 6) is 0.836. The van der Waals surface area contributed by atoms with Crippen LogP contribution in [0, 0.1) is 6.92 Å². The molecule has 6 nitrogen and oxygen atoms in total. The van der Waals surface area contributed by atoms with Gasteiger partial charge in [0.05, 0.1) is 22.9 Å². The Labute approximate surface area is 160 Å². The van der Waals surface area contributed by atoms with E-state index >= 15 is 0 Å². The monoisotopic (exact) mass is 384 g/mol. The average Bonchev–Trinajstić information content (AvgIpc) is 3.33. The molecule has 1 aliphatic carbocycles. The molecule has 4 aromatic rings. The zero-order valence-electron chi connectivity index (χ0n) is 14.8. The number of rotatable bonds is 3. The molecule has 3 heterocycles. The number of benzene rings is 1. The molecular formula is C19H18ClFN6. The van der Waals surface area contributed by atoms with Gasteiger partial charge < -0.3 is 4.57 Å². The lowest BCUT2D eigenvalue weighted by molar-refractivity contribution is 0.330. The highest BCUT2D eigenvalue weighted by molar-refractivity contribution is 6.31. The molecule has 0 bridgehead atoms. The first-order valence-corrected chi connectivity index (χ1v) is 9.42. The van der Waals surface area contributed by atoms with Gasteiger partial charge in [0.1, 0.15) is 24.1 Å². The van der Waals surface area contributed by atoms with Crippen molar-refractivity contribution in [2.75, 3.05) is 0 Å². The molecule has 1 fully saturated rings. The van der Waals surface area contributed by atoms with Crippen molar-refractivity contribution < 1.29 is 4.39 Å². The molecule has 0 radical (unpaired) electrons. The van der Waals surface area contributed by atoms with E-state index in [-0.39, 0.29) is 6.04 Å². The van der Waals surface area contributed by atoms with E-state index in [4.69, 9.17) is 16.6 Å². The van der Waals surface area contributed by atoms with Crippen molar-refractivity contribution in [3.05, 3.63) is 47.1 Å². The van der Waals surface area contributed by atoms with Crippen LogP contribution in [0.5, 0.6) is 0 Å². The Hall–Kier alpha value is -2.54. The lowest BCUT2D eigenvalue weighted by Crippen LogP contribution is -2.14. The highest BCUT2D eigenvalue weighted by Crippen LogP contribution is 2.37. The first-order valence-electron chi connectivity index (χ1n) is 9.04. The van der Waals surface area contributed by atoms with Crippen molar-refractivity contribution in [2.45, 2.75) is 44.9 Å². The van der Waals surface area contributed by atoms with Crippen LogP contribution in [0.1, 0.15) is 36.8 Å². The van der Waals surface area contributed by atoms with Crippen molar-refractivity contribution in [1.82, 2.24) is 29.5 Å². The number of imidazole rings is 1. The Morgan fingerprint density at radius 3 is 2.89 bits per heavy atom. The van der Waals surface area contributed by atoms with Gasteiger partial charge in [0.15, 0.2) is 0 Å². The molecule has 1 aromatic carbocycles. The predicted octanol–water partition coefficient (Wildman–Crippen LogP) is 4.25. The number of halogens is 2. The van der Waals surface area contributed by atoms with E-state index in [1.54, 1.807) is 10.9 Å². The number of nitrogens with zero attached hydrogens (tertiary/aromatic N) is 6. The van der Waals surface area contributed by atoms with Gasteiger partial charge in [-0.05, 0) is 44.4 Å². The standard InChI is InChI=1S/C19H18ClFN6/c1-11-9-26(25-24-11)10-18-23-17-8-22-16-5-2-12(20)6-15(16)19(17)27(18)14-4-3-13(21)7-14/h2,5-6,8-9,13-14H,3-4,7,10H2,1H3. The second kappa shape index (κ2) is 6.27. The van der Waals surface area contributed by atoms with Crippen LogP contribution in [0.3, 0.4) is 0 Å². The van der Waals surface area contributed by atoms with Crippen LogP contribution in [0.4, 0.5) is 4.39 Å². The maximum Gasteiger partial charge on any atom is 0.132 e. The maximum atomic E-state index is 14.0. The van der Waals surface area contributed by atoms with E-state index in [2.05, 4.69) is 19.9 Å². The molecule has 0 aliphatic heterocycles. The highest BCUT2D eigenvalue weighted by atomic mass is 35.5. The largest absolute Gasteiger partial charge is 0.323 e. The number of fused-ring (bicyclic) bond motifs is 3. The number of aromatic nitrogens is 6. The SMILES string of the molecule is Cc1cn(Cc2nc3cnc4ccc(Cl)cc4c3n2C2CCC(F)C2)nn1. The van der Waals surface area contributed by atoms with Gasteiger partial charge in [0.25, 0.3) is 0 Å². The molecule has 27 heavy (non-hydrogen) atoms. The van der Waals surface area contributed by atoms with Gasteiger partial charge in [-0.25, -0.2) is 14.1 Å². The first-order chi connectivity index (χ1) is 13.1. The summed E-state index contributed by atoms with van der Waals surface area (Å²) < 4.78 is 17.9. The van der Waals surface area contributed by atoms with E-state index in [0.717, 1.165) is 39.9 Å². The fourth-order valence-corrected chi connectivity index (χ4v) is 4.23. The number of alkyl halides is 1. The summed E-state index contributed by atoms with van der Waals surface area (Å²) in [5.41, 5.74) is 3.46. The van der Waals surface area contributed by atoms with Gasteiger partial charge in [-0.3, -0.25) is 4.98 Å². The normalized spacial score (nSPS) is 20.1. The molecule has 8 heteroatoms. The molecule has 1 saturated carbocycles. The predicted molar refractivity (Wildman–Crippen MR) is 102 cm³/mol. The molecule has 3 aromatic heterocycles. The Morgan fingerprint density at radius 2 is 2.15 bits per heavy atom. The van der Waals surface area contributed by atoms with E-state index in [1.807, 2.05) is 31.3 Å². The molecule has 0 spiro atoms. The molecule has 5 rings (SSSR count). The quantitative estimate of drug-likeness (QED) is 0.529. The number of aryl methyl sites for hydroxylation is 1. The molecule has 0 saturated heterocycles. The van der Waals surface area contributed by atoms with Crippen molar-refractivity contribution in [2.24, 2.45) is 0 Å². The van der Waals surface area contributed by atoms with Crippen LogP contribution in [-0.4, -0.2) is 35.7 Å². The molecule has 1 aliphatic rings. The fraction of sp³-hybridized carbons (Fsp3) is 0.368. The molecule has 0 amide bonds. The molecule has 138 valence electrons. The summed E-state index contributed by atoms with van der Waals surface area (Å²) in [7, 11) is 0. The maximum absolute atomic E-state index is 14.0. The van der Waals surface area contributed by atoms with Gasteiger partial charge in [0.2, 0.25) is 0 Å². The van der Waals surface area contributed by atoms with Crippen LogP contribution in [-0.2, 0) is 6.54 Å². The van der Waals surface area contributed by atoms with Gasteiger partial charge in [-0.15, -0.1) is 5.10 Å². The Kier molecular flexibility index (Phi) is 3.86. The Bertz CT molecular complexity index is 1150. The van der Waals surface area contributed by atoms with Crippen molar-refractivity contribution >= 4 is 33.5 Å². The molecule has 2 atom stereocenters. The van der Waals surface area contributed by atoms with Gasteiger partial charge in [0, 0.05) is 22.6 Å². The summed E-state index contributed by atoms with van der Waals surface area (Å²) in [4.78, 5) is 9.33. The zero-order valence-corrected chi connectivity index (χ0v) is 15.6. The second-order valence-corrected chi connectivity index (χ2v) is 7.61. The number of hydrogen-bond acceptors (Lipinski definition) is 4. The van der Waals surface area contributed by atoms with Crippen LogP contribution < -0.4 is 0 Å². The summed E-state index contributed by atoms with van der Waals surface area (Å²) in [6, 6.07) is 5.71. The first kappa shape index (κ1) is 16.6. The highest BCUT2D eigenvalue weighted by Gasteiger charge is 2.29. The van der Waals surface area contributed by atoms with Gasteiger partial charge in [-0.2, -0.15) is 0 Å². The van der Waals surface area contributed by atoms with Gasteiger partial charge in [-0.1, -0.05) is 16.8 Å². The van der Waals surface area contributed by atoms with E-state index in [0.29, 0.717) is 24.4 Å². The minimum Gasteiger partial charge on any atom is -0.323 e. The summed E-state index contributed by atoms with van der Waals surface area (Å²) >= 11 is 6.25. The summed E-state index contributed by atoms with van der Waals surface area (Å²) in [6.45, 7) is 2.38. The minimum atomic E-state index is -0.773. The third kappa shape index (κ3) is 2.86. The smallest absolute Gasteiger partial charge is 0.132 e. The molecule has 2 unspecified atom stereocenters. The third-order valence-electron chi connectivity index (χ3n) is 5.21. The van der Waals surface area contributed by atoms with Crippen LogP contribution in [0.2, 0.25) is 5.02 Å². The van der Waals surface area contributed by atoms with Crippen LogP contribution in [0.25, 0.3) is 21.9 Å². The topological polar surface area (TPSA) is 61.4 Å². The van der Waals surface area contributed by atoms with E-state index in [1.165, 1.54) is 0 Å². The minimum absolute atomic E-state index is 0.0641. The summed E-state index contributed by atoms with van der Waals surface area (Å²) in [5, 5.41) is 9.78.